The highest BCUT2D eigenvalue weighted by Gasteiger charge is 2.01. The molecule has 0 radical (unpaired) electrons. The van der Waals surface area contributed by atoms with Crippen molar-refractivity contribution < 1.29 is 9.47 Å². The number of ether oxygens (including phenoxy) is 2. The number of aromatic nitrogens is 2. The van der Waals surface area contributed by atoms with E-state index in [2.05, 4.69) is 16.0 Å². The lowest BCUT2D eigenvalue weighted by molar-refractivity contribution is 0.243. The zero-order valence-corrected chi connectivity index (χ0v) is 14.1. The molecular weight excluding hydrogens is 300 g/mol. The molecule has 0 atom stereocenters. The second kappa shape index (κ2) is 7.13. The first-order valence-electron chi connectivity index (χ1n) is 7.89. The van der Waals surface area contributed by atoms with Crippen LogP contribution in [0.1, 0.15) is 25.1 Å². The van der Waals surface area contributed by atoms with Crippen LogP contribution in [-0.4, -0.2) is 23.2 Å². The van der Waals surface area contributed by atoms with Gasteiger partial charge in [-0.3, -0.25) is 0 Å². The van der Waals surface area contributed by atoms with Crippen molar-refractivity contribution in [2.75, 3.05) is 7.11 Å². The highest BCUT2D eigenvalue weighted by atomic mass is 16.5. The SMILES string of the molecule is COc1cc(/C=C/c2ccc3cc(OC(C)C)ccc3n2)ccn1. The Kier molecular flexibility index (Phi) is 4.75. The fourth-order valence-electron chi connectivity index (χ4n) is 2.38. The van der Waals surface area contributed by atoms with Crippen molar-refractivity contribution in [1.29, 1.82) is 0 Å². The Labute approximate surface area is 141 Å². The molecule has 0 saturated heterocycles. The molecule has 0 fully saturated rings. The molecule has 1 aromatic carbocycles. The molecule has 122 valence electrons. The average molecular weight is 320 g/mol. The first-order chi connectivity index (χ1) is 11.6. The molecular formula is C20H20N2O2. The van der Waals surface area contributed by atoms with E-state index in [4.69, 9.17) is 9.47 Å². The van der Waals surface area contributed by atoms with E-state index in [1.807, 2.05) is 62.4 Å². The van der Waals surface area contributed by atoms with Crippen LogP contribution >= 0.6 is 0 Å². The highest BCUT2D eigenvalue weighted by molar-refractivity contribution is 5.82. The van der Waals surface area contributed by atoms with E-state index in [1.54, 1.807) is 13.3 Å². The quantitative estimate of drug-likeness (QED) is 0.689. The number of fused-ring (bicyclic) bond motifs is 1. The lowest BCUT2D eigenvalue weighted by Crippen LogP contribution is -2.05. The van der Waals surface area contributed by atoms with Gasteiger partial charge in [-0.25, -0.2) is 9.97 Å². The average Bonchev–Trinajstić information content (AvgIpc) is 2.59. The standard InChI is InChI=1S/C20H20N2O2/c1-14(2)24-18-8-9-19-16(13-18)5-7-17(22-19)6-4-15-10-11-21-20(12-15)23-3/h4-14H,1-3H3/b6-4+. The summed E-state index contributed by atoms with van der Waals surface area (Å²) in [5.74, 6) is 1.47. The lowest BCUT2D eigenvalue weighted by atomic mass is 10.1. The largest absolute Gasteiger partial charge is 0.491 e. The fourth-order valence-corrected chi connectivity index (χ4v) is 2.38. The summed E-state index contributed by atoms with van der Waals surface area (Å²) in [6.45, 7) is 4.04. The summed E-state index contributed by atoms with van der Waals surface area (Å²) in [6.07, 6.45) is 5.86. The Bertz CT molecular complexity index is 872. The topological polar surface area (TPSA) is 44.2 Å². The Balaban J connectivity index is 1.83. The maximum atomic E-state index is 5.72. The minimum Gasteiger partial charge on any atom is -0.491 e. The molecule has 0 aliphatic carbocycles. The van der Waals surface area contributed by atoms with Crippen molar-refractivity contribution >= 4 is 23.1 Å². The zero-order chi connectivity index (χ0) is 16.9. The predicted octanol–water partition coefficient (Wildman–Crippen LogP) is 4.60. The summed E-state index contributed by atoms with van der Waals surface area (Å²) in [6, 6.07) is 13.8. The summed E-state index contributed by atoms with van der Waals surface area (Å²) in [7, 11) is 1.61. The summed E-state index contributed by atoms with van der Waals surface area (Å²) in [4.78, 5) is 8.76. The second-order valence-electron chi connectivity index (χ2n) is 5.72. The predicted molar refractivity (Wildman–Crippen MR) is 97.2 cm³/mol. The number of methoxy groups -OCH3 is 1. The molecule has 0 N–H and O–H groups in total. The maximum absolute atomic E-state index is 5.72. The van der Waals surface area contributed by atoms with E-state index in [-0.39, 0.29) is 6.10 Å². The third-order valence-corrected chi connectivity index (χ3v) is 3.47. The maximum Gasteiger partial charge on any atom is 0.213 e. The Morgan fingerprint density at radius 1 is 1.00 bits per heavy atom. The monoisotopic (exact) mass is 320 g/mol. The van der Waals surface area contributed by atoms with Crippen molar-refractivity contribution in [2.24, 2.45) is 0 Å². The molecule has 0 aliphatic rings. The molecule has 2 aromatic heterocycles. The Hall–Kier alpha value is -2.88. The molecule has 0 spiro atoms. The number of rotatable bonds is 5. The molecule has 2 heterocycles. The number of nitrogens with zero attached hydrogens (tertiary/aromatic N) is 2. The number of hydrogen-bond acceptors (Lipinski definition) is 4. The van der Waals surface area contributed by atoms with Gasteiger partial charge >= 0.3 is 0 Å². The van der Waals surface area contributed by atoms with E-state index in [9.17, 15) is 0 Å². The smallest absolute Gasteiger partial charge is 0.213 e. The molecule has 3 aromatic rings. The van der Waals surface area contributed by atoms with Crippen LogP contribution in [0.3, 0.4) is 0 Å². The van der Waals surface area contributed by atoms with Gasteiger partial charge in [0.1, 0.15) is 5.75 Å². The van der Waals surface area contributed by atoms with Gasteiger partial charge in [0, 0.05) is 17.6 Å². The molecule has 3 rings (SSSR count). The molecule has 24 heavy (non-hydrogen) atoms. The van der Waals surface area contributed by atoms with Crippen molar-refractivity contribution in [2.45, 2.75) is 20.0 Å². The third-order valence-electron chi connectivity index (χ3n) is 3.47. The van der Waals surface area contributed by atoms with E-state index in [0.29, 0.717) is 5.88 Å². The van der Waals surface area contributed by atoms with Crippen LogP contribution in [0, 0.1) is 0 Å². The van der Waals surface area contributed by atoms with Crippen LogP contribution < -0.4 is 9.47 Å². The van der Waals surface area contributed by atoms with E-state index < -0.39 is 0 Å². The van der Waals surface area contributed by atoms with E-state index >= 15 is 0 Å². The number of pyridine rings is 2. The molecule has 0 bridgehead atoms. The van der Waals surface area contributed by atoms with Crippen LogP contribution in [0.5, 0.6) is 11.6 Å². The molecule has 0 aliphatic heterocycles. The minimum absolute atomic E-state index is 0.162. The van der Waals surface area contributed by atoms with Crippen LogP contribution in [0.2, 0.25) is 0 Å². The number of benzene rings is 1. The molecule has 4 nitrogen and oxygen atoms in total. The number of hydrogen-bond donors (Lipinski definition) is 0. The molecule has 0 amide bonds. The summed E-state index contributed by atoms with van der Waals surface area (Å²) < 4.78 is 10.9. The zero-order valence-electron chi connectivity index (χ0n) is 14.1. The first-order valence-corrected chi connectivity index (χ1v) is 7.89. The normalized spacial score (nSPS) is 11.3. The molecule has 0 unspecified atom stereocenters. The highest BCUT2D eigenvalue weighted by Crippen LogP contribution is 2.21. The van der Waals surface area contributed by atoms with Gasteiger partial charge in [-0.1, -0.05) is 12.1 Å². The van der Waals surface area contributed by atoms with Gasteiger partial charge in [0.25, 0.3) is 0 Å². The van der Waals surface area contributed by atoms with Gasteiger partial charge < -0.3 is 9.47 Å². The second-order valence-corrected chi connectivity index (χ2v) is 5.72. The van der Waals surface area contributed by atoms with Crippen molar-refractivity contribution in [3.05, 3.63) is 59.9 Å². The van der Waals surface area contributed by atoms with Crippen LogP contribution in [0.4, 0.5) is 0 Å². The van der Waals surface area contributed by atoms with Crippen molar-refractivity contribution in [3.63, 3.8) is 0 Å². The fraction of sp³-hybridized carbons (Fsp3) is 0.200. The van der Waals surface area contributed by atoms with E-state index in [0.717, 1.165) is 27.9 Å². The molecule has 4 heteroatoms. The van der Waals surface area contributed by atoms with Gasteiger partial charge in [0.15, 0.2) is 0 Å². The van der Waals surface area contributed by atoms with Gasteiger partial charge in [0.2, 0.25) is 5.88 Å². The van der Waals surface area contributed by atoms with Gasteiger partial charge in [-0.05, 0) is 55.8 Å². The van der Waals surface area contributed by atoms with Crippen molar-refractivity contribution in [1.82, 2.24) is 9.97 Å². The third kappa shape index (κ3) is 3.90. The summed E-state index contributed by atoms with van der Waals surface area (Å²) in [5.41, 5.74) is 2.86. The summed E-state index contributed by atoms with van der Waals surface area (Å²) >= 11 is 0. The van der Waals surface area contributed by atoms with Crippen LogP contribution in [-0.2, 0) is 0 Å². The van der Waals surface area contributed by atoms with Gasteiger partial charge in [0.05, 0.1) is 24.4 Å². The van der Waals surface area contributed by atoms with Crippen LogP contribution in [0.15, 0.2) is 48.7 Å². The first kappa shape index (κ1) is 16.0. The lowest BCUT2D eigenvalue weighted by Gasteiger charge is -2.10. The van der Waals surface area contributed by atoms with Gasteiger partial charge in [-0.2, -0.15) is 0 Å². The van der Waals surface area contributed by atoms with Gasteiger partial charge in [-0.15, -0.1) is 0 Å². The Morgan fingerprint density at radius 3 is 2.67 bits per heavy atom. The Morgan fingerprint density at radius 2 is 1.88 bits per heavy atom. The van der Waals surface area contributed by atoms with Crippen molar-refractivity contribution in [3.8, 4) is 11.6 Å². The summed E-state index contributed by atoms with van der Waals surface area (Å²) in [5, 5.41) is 1.07. The molecule has 0 saturated carbocycles. The van der Waals surface area contributed by atoms with E-state index in [1.165, 1.54) is 0 Å². The van der Waals surface area contributed by atoms with Crippen LogP contribution in [0.25, 0.3) is 23.1 Å². The minimum atomic E-state index is 0.162.